The summed E-state index contributed by atoms with van der Waals surface area (Å²) in [6, 6.07) is 0. The number of aldehydes is 1. The standard InChI is InChI=1S/C8H13NO2/c10-6-2-1-3-9-4-7-11-8-5-9/h1-2,6H,3-5,7-8H2/b2-1-. The van der Waals surface area contributed by atoms with Gasteiger partial charge in [-0.15, -0.1) is 0 Å². The maximum absolute atomic E-state index is 9.92. The minimum absolute atomic E-state index is 0.806. The molecule has 0 unspecified atom stereocenters. The number of rotatable bonds is 3. The Balaban J connectivity index is 2.14. The zero-order valence-corrected chi connectivity index (χ0v) is 6.53. The van der Waals surface area contributed by atoms with E-state index in [0.29, 0.717) is 0 Å². The molecule has 3 nitrogen and oxygen atoms in total. The van der Waals surface area contributed by atoms with Crippen LogP contribution in [0.5, 0.6) is 0 Å². The Bertz CT molecular complexity index is 139. The van der Waals surface area contributed by atoms with Crippen molar-refractivity contribution < 1.29 is 9.53 Å². The molecule has 1 heterocycles. The fourth-order valence-corrected chi connectivity index (χ4v) is 1.05. The average molecular weight is 155 g/mol. The van der Waals surface area contributed by atoms with Crippen molar-refractivity contribution in [2.75, 3.05) is 32.8 Å². The van der Waals surface area contributed by atoms with Gasteiger partial charge in [0.15, 0.2) is 0 Å². The summed E-state index contributed by atoms with van der Waals surface area (Å²) >= 11 is 0. The lowest BCUT2D eigenvalue weighted by atomic mass is 10.4. The van der Waals surface area contributed by atoms with Gasteiger partial charge in [-0.25, -0.2) is 0 Å². The van der Waals surface area contributed by atoms with Gasteiger partial charge in [0.25, 0.3) is 0 Å². The van der Waals surface area contributed by atoms with E-state index in [1.807, 2.05) is 6.08 Å². The van der Waals surface area contributed by atoms with Crippen molar-refractivity contribution in [3.63, 3.8) is 0 Å². The van der Waals surface area contributed by atoms with Crippen LogP contribution in [0.25, 0.3) is 0 Å². The molecule has 0 aromatic rings. The molecule has 1 aliphatic rings. The molecule has 0 aromatic carbocycles. The predicted molar refractivity (Wildman–Crippen MR) is 42.5 cm³/mol. The number of allylic oxidation sites excluding steroid dienone is 1. The third-order valence-electron chi connectivity index (χ3n) is 1.68. The van der Waals surface area contributed by atoms with Crippen molar-refractivity contribution in [2.24, 2.45) is 0 Å². The first-order chi connectivity index (χ1) is 5.43. The van der Waals surface area contributed by atoms with E-state index in [-0.39, 0.29) is 0 Å². The quantitative estimate of drug-likeness (QED) is 0.427. The SMILES string of the molecule is O=C/C=C\CN1CCOCC1. The highest BCUT2D eigenvalue weighted by Gasteiger charge is 2.06. The summed E-state index contributed by atoms with van der Waals surface area (Å²) < 4.78 is 5.17. The van der Waals surface area contributed by atoms with Crippen molar-refractivity contribution in [1.29, 1.82) is 0 Å². The summed E-state index contributed by atoms with van der Waals surface area (Å²) in [7, 11) is 0. The first-order valence-corrected chi connectivity index (χ1v) is 3.84. The molecule has 0 spiro atoms. The first kappa shape index (κ1) is 8.43. The summed E-state index contributed by atoms with van der Waals surface area (Å²) in [6.45, 7) is 4.44. The second-order valence-corrected chi connectivity index (χ2v) is 2.48. The third-order valence-corrected chi connectivity index (χ3v) is 1.68. The largest absolute Gasteiger partial charge is 0.379 e. The highest BCUT2D eigenvalue weighted by atomic mass is 16.5. The first-order valence-electron chi connectivity index (χ1n) is 3.84. The molecule has 1 aliphatic heterocycles. The van der Waals surface area contributed by atoms with Gasteiger partial charge in [-0.3, -0.25) is 9.69 Å². The molecule has 1 rings (SSSR count). The summed E-state index contributed by atoms with van der Waals surface area (Å²) in [5.41, 5.74) is 0. The van der Waals surface area contributed by atoms with E-state index in [2.05, 4.69) is 4.90 Å². The van der Waals surface area contributed by atoms with Gasteiger partial charge in [-0.2, -0.15) is 0 Å². The van der Waals surface area contributed by atoms with Crippen LogP contribution in [0.2, 0.25) is 0 Å². The van der Waals surface area contributed by atoms with Gasteiger partial charge >= 0.3 is 0 Å². The van der Waals surface area contributed by atoms with Crippen LogP contribution >= 0.6 is 0 Å². The fraction of sp³-hybridized carbons (Fsp3) is 0.625. The average Bonchev–Trinajstić information content (AvgIpc) is 2.07. The number of morpholine rings is 1. The summed E-state index contributed by atoms with van der Waals surface area (Å²) in [5.74, 6) is 0. The lowest BCUT2D eigenvalue weighted by Crippen LogP contribution is -2.36. The molecule has 0 aromatic heterocycles. The Morgan fingerprint density at radius 3 is 2.73 bits per heavy atom. The number of nitrogens with zero attached hydrogens (tertiary/aromatic N) is 1. The molecule has 11 heavy (non-hydrogen) atoms. The molecule has 0 atom stereocenters. The van der Waals surface area contributed by atoms with Crippen molar-refractivity contribution in [1.82, 2.24) is 4.90 Å². The Kier molecular flexibility index (Phi) is 3.86. The molecule has 0 amide bonds. The second-order valence-electron chi connectivity index (χ2n) is 2.48. The molecule has 0 saturated carbocycles. The van der Waals surface area contributed by atoms with Crippen LogP contribution in [0.4, 0.5) is 0 Å². The summed E-state index contributed by atoms with van der Waals surface area (Å²) in [5, 5.41) is 0. The lowest BCUT2D eigenvalue weighted by molar-refractivity contribution is -0.104. The molecule has 0 bridgehead atoms. The molecule has 1 saturated heterocycles. The van der Waals surface area contributed by atoms with Crippen molar-refractivity contribution in [2.45, 2.75) is 0 Å². The monoisotopic (exact) mass is 155 g/mol. The number of carbonyl (C=O) groups is 1. The fourth-order valence-electron chi connectivity index (χ4n) is 1.05. The minimum Gasteiger partial charge on any atom is -0.379 e. The van der Waals surface area contributed by atoms with Crippen LogP contribution in [0.15, 0.2) is 12.2 Å². The number of hydrogen-bond acceptors (Lipinski definition) is 3. The normalized spacial score (nSPS) is 20.7. The van der Waals surface area contributed by atoms with Gasteiger partial charge in [-0.05, 0) is 6.08 Å². The molecular formula is C8H13NO2. The van der Waals surface area contributed by atoms with Crippen molar-refractivity contribution in [3.05, 3.63) is 12.2 Å². The Morgan fingerprint density at radius 2 is 2.09 bits per heavy atom. The van der Waals surface area contributed by atoms with E-state index in [1.165, 1.54) is 6.08 Å². The summed E-state index contributed by atoms with van der Waals surface area (Å²) in [4.78, 5) is 12.2. The Morgan fingerprint density at radius 1 is 1.36 bits per heavy atom. The van der Waals surface area contributed by atoms with E-state index in [4.69, 9.17) is 4.74 Å². The smallest absolute Gasteiger partial charge is 0.142 e. The summed E-state index contributed by atoms with van der Waals surface area (Å²) in [6.07, 6.45) is 4.22. The van der Waals surface area contributed by atoms with Crippen LogP contribution in [-0.4, -0.2) is 44.0 Å². The van der Waals surface area contributed by atoms with Gasteiger partial charge in [-0.1, -0.05) is 6.08 Å². The van der Waals surface area contributed by atoms with Crippen LogP contribution in [-0.2, 0) is 9.53 Å². The van der Waals surface area contributed by atoms with Crippen LogP contribution < -0.4 is 0 Å². The number of ether oxygens (including phenoxy) is 1. The molecule has 0 aliphatic carbocycles. The molecule has 0 radical (unpaired) electrons. The van der Waals surface area contributed by atoms with Crippen molar-refractivity contribution in [3.8, 4) is 0 Å². The Hall–Kier alpha value is -0.670. The molecule has 1 fully saturated rings. The van der Waals surface area contributed by atoms with E-state index in [1.54, 1.807) is 0 Å². The molecule has 62 valence electrons. The predicted octanol–water partition coefficient (Wildman–Crippen LogP) is 0.0737. The third kappa shape index (κ3) is 3.30. The zero-order chi connectivity index (χ0) is 7.94. The number of hydrogen-bond donors (Lipinski definition) is 0. The molecular weight excluding hydrogens is 142 g/mol. The van der Waals surface area contributed by atoms with Gasteiger partial charge < -0.3 is 4.74 Å². The second kappa shape index (κ2) is 5.04. The van der Waals surface area contributed by atoms with Gasteiger partial charge in [0.05, 0.1) is 13.2 Å². The van der Waals surface area contributed by atoms with Crippen LogP contribution in [0.3, 0.4) is 0 Å². The van der Waals surface area contributed by atoms with Gasteiger partial charge in [0.2, 0.25) is 0 Å². The van der Waals surface area contributed by atoms with E-state index >= 15 is 0 Å². The molecule has 3 heteroatoms. The zero-order valence-electron chi connectivity index (χ0n) is 6.53. The van der Waals surface area contributed by atoms with Crippen molar-refractivity contribution >= 4 is 6.29 Å². The molecule has 0 N–H and O–H groups in total. The van der Waals surface area contributed by atoms with E-state index < -0.39 is 0 Å². The van der Waals surface area contributed by atoms with Gasteiger partial charge in [0.1, 0.15) is 6.29 Å². The van der Waals surface area contributed by atoms with Gasteiger partial charge in [0, 0.05) is 19.6 Å². The van der Waals surface area contributed by atoms with Crippen LogP contribution in [0.1, 0.15) is 0 Å². The van der Waals surface area contributed by atoms with E-state index in [9.17, 15) is 4.79 Å². The Labute approximate surface area is 66.6 Å². The highest BCUT2D eigenvalue weighted by Crippen LogP contribution is 1.95. The maximum Gasteiger partial charge on any atom is 0.142 e. The van der Waals surface area contributed by atoms with Crippen LogP contribution in [0, 0.1) is 0 Å². The topological polar surface area (TPSA) is 29.5 Å². The van der Waals surface area contributed by atoms with E-state index in [0.717, 1.165) is 39.1 Å². The number of carbonyl (C=O) groups excluding carboxylic acids is 1. The highest BCUT2D eigenvalue weighted by molar-refractivity contribution is 5.64. The maximum atomic E-state index is 9.92. The lowest BCUT2D eigenvalue weighted by Gasteiger charge is -2.24. The minimum atomic E-state index is 0.806.